The number of sulfonamides is 1. The van der Waals surface area contributed by atoms with Crippen LogP contribution in [0.25, 0.3) is 0 Å². The van der Waals surface area contributed by atoms with Gasteiger partial charge in [0, 0.05) is 9.26 Å². The van der Waals surface area contributed by atoms with Gasteiger partial charge in [-0.1, -0.05) is 50.2 Å². The molecule has 1 N–H and O–H groups in total. The van der Waals surface area contributed by atoms with Crippen LogP contribution in [0.4, 0.5) is 11.4 Å². The van der Waals surface area contributed by atoms with Crippen LogP contribution in [0.15, 0.2) is 77.7 Å². The lowest BCUT2D eigenvalue weighted by Crippen LogP contribution is -2.38. The topological polar surface area (TPSA) is 66.5 Å². The van der Waals surface area contributed by atoms with Gasteiger partial charge in [0.1, 0.15) is 6.54 Å². The number of anilines is 2. The van der Waals surface area contributed by atoms with Crippen LogP contribution in [0.1, 0.15) is 25.0 Å². The third kappa shape index (κ3) is 5.46. The molecule has 0 aromatic heterocycles. The van der Waals surface area contributed by atoms with Gasteiger partial charge in [-0.25, -0.2) is 8.42 Å². The van der Waals surface area contributed by atoms with Gasteiger partial charge in [-0.2, -0.15) is 0 Å². The van der Waals surface area contributed by atoms with E-state index in [-0.39, 0.29) is 17.3 Å². The summed E-state index contributed by atoms with van der Waals surface area (Å²) in [4.78, 5) is 13.2. The number of carbonyl (C=O) groups is 1. The number of carbonyl (C=O) groups excluding carboxylic acids is 1. The molecule has 3 aromatic carbocycles. The van der Waals surface area contributed by atoms with Crippen LogP contribution in [0.2, 0.25) is 0 Å². The molecule has 0 aliphatic rings. The maximum Gasteiger partial charge on any atom is 0.264 e. The van der Waals surface area contributed by atoms with E-state index in [1.165, 1.54) is 12.1 Å². The molecule has 7 heteroatoms. The SMILES string of the molecule is CCc1cccc(CC)c1NC(=O)CN(c1ccc(I)cc1)S(=O)(=O)c1ccccc1. The lowest BCUT2D eigenvalue weighted by Gasteiger charge is -2.25. The molecule has 0 fully saturated rings. The average molecular weight is 548 g/mol. The van der Waals surface area contributed by atoms with Gasteiger partial charge in [-0.15, -0.1) is 0 Å². The van der Waals surface area contributed by atoms with Gasteiger partial charge in [0.25, 0.3) is 10.0 Å². The summed E-state index contributed by atoms with van der Waals surface area (Å²) in [5.74, 6) is -0.381. The highest BCUT2D eigenvalue weighted by atomic mass is 127. The molecule has 1 amide bonds. The van der Waals surface area contributed by atoms with Gasteiger partial charge in [0.15, 0.2) is 0 Å². The smallest absolute Gasteiger partial charge is 0.264 e. The second-order valence-electron chi connectivity index (χ2n) is 7.01. The number of rotatable bonds is 8. The van der Waals surface area contributed by atoms with Crippen molar-refractivity contribution < 1.29 is 13.2 Å². The van der Waals surface area contributed by atoms with E-state index in [0.717, 1.165) is 37.5 Å². The minimum atomic E-state index is -3.92. The van der Waals surface area contributed by atoms with E-state index in [1.54, 1.807) is 30.3 Å². The van der Waals surface area contributed by atoms with Crippen LogP contribution >= 0.6 is 22.6 Å². The van der Waals surface area contributed by atoms with Crippen molar-refractivity contribution in [3.63, 3.8) is 0 Å². The van der Waals surface area contributed by atoms with E-state index in [9.17, 15) is 13.2 Å². The third-order valence-electron chi connectivity index (χ3n) is 5.00. The van der Waals surface area contributed by atoms with Gasteiger partial charge >= 0.3 is 0 Å². The van der Waals surface area contributed by atoms with Crippen LogP contribution in [-0.4, -0.2) is 20.9 Å². The summed E-state index contributed by atoms with van der Waals surface area (Å²) in [6.45, 7) is 3.74. The minimum absolute atomic E-state index is 0.143. The zero-order valence-corrected chi connectivity index (χ0v) is 20.5. The molecule has 3 aromatic rings. The fraction of sp³-hybridized carbons (Fsp3) is 0.208. The first-order valence-corrected chi connectivity index (χ1v) is 12.6. The van der Waals surface area contributed by atoms with Crippen molar-refractivity contribution in [1.82, 2.24) is 0 Å². The molecule has 162 valence electrons. The van der Waals surface area contributed by atoms with E-state index in [2.05, 4.69) is 27.9 Å². The Morgan fingerprint density at radius 3 is 2.00 bits per heavy atom. The molecule has 31 heavy (non-hydrogen) atoms. The second-order valence-corrected chi connectivity index (χ2v) is 10.1. The average Bonchev–Trinajstić information content (AvgIpc) is 2.79. The van der Waals surface area contributed by atoms with Gasteiger partial charge in [0.05, 0.1) is 10.6 Å². The number of para-hydroxylation sites is 1. The molecule has 0 saturated carbocycles. The van der Waals surface area contributed by atoms with Crippen molar-refractivity contribution in [2.75, 3.05) is 16.2 Å². The Balaban J connectivity index is 1.96. The van der Waals surface area contributed by atoms with Crippen LogP contribution in [-0.2, 0) is 27.7 Å². The first kappa shape index (κ1) is 23.3. The van der Waals surface area contributed by atoms with Crippen molar-refractivity contribution in [3.8, 4) is 0 Å². The Morgan fingerprint density at radius 1 is 0.871 bits per heavy atom. The largest absolute Gasteiger partial charge is 0.324 e. The highest BCUT2D eigenvalue weighted by Crippen LogP contribution is 2.26. The summed E-state index contributed by atoms with van der Waals surface area (Å²) in [5, 5.41) is 2.97. The van der Waals surface area contributed by atoms with E-state index < -0.39 is 10.0 Å². The predicted octanol–water partition coefficient (Wildman–Crippen LogP) is 5.25. The van der Waals surface area contributed by atoms with Crippen LogP contribution in [0.5, 0.6) is 0 Å². The van der Waals surface area contributed by atoms with Crippen molar-refractivity contribution in [2.24, 2.45) is 0 Å². The normalized spacial score (nSPS) is 11.2. The summed E-state index contributed by atoms with van der Waals surface area (Å²) in [6.07, 6.45) is 1.54. The maximum absolute atomic E-state index is 13.4. The third-order valence-corrected chi connectivity index (χ3v) is 7.50. The van der Waals surface area contributed by atoms with Crippen molar-refractivity contribution >= 4 is 49.9 Å². The number of hydrogen-bond donors (Lipinski definition) is 1. The number of amides is 1. The summed E-state index contributed by atoms with van der Waals surface area (Å²) in [7, 11) is -3.92. The quantitative estimate of drug-likeness (QED) is 0.391. The second kappa shape index (κ2) is 10.3. The molecule has 3 rings (SSSR count). The minimum Gasteiger partial charge on any atom is -0.324 e. The van der Waals surface area contributed by atoms with Gasteiger partial charge in [0.2, 0.25) is 5.91 Å². The monoisotopic (exact) mass is 548 g/mol. The number of benzene rings is 3. The highest BCUT2D eigenvalue weighted by molar-refractivity contribution is 14.1. The molecule has 0 spiro atoms. The summed E-state index contributed by atoms with van der Waals surface area (Å²) < 4.78 is 28.9. The van der Waals surface area contributed by atoms with Crippen molar-refractivity contribution in [1.29, 1.82) is 0 Å². The van der Waals surface area contributed by atoms with E-state index in [1.807, 2.05) is 44.2 Å². The molecular formula is C24H25IN2O3S. The number of hydrogen-bond acceptors (Lipinski definition) is 3. The predicted molar refractivity (Wildman–Crippen MR) is 134 cm³/mol. The molecule has 0 aliphatic carbocycles. The standard InChI is InChI=1S/C24H25IN2O3S/c1-3-18-9-8-10-19(4-2)24(18)26-23(28)17-27(21-15-13-20(25)14-16-21)31(29,30)22-11-6-5-7-12-22/h5-16H,3-4,17H2,1-2H3,(H,26,28). The number of aryl methyl sites for hydroxylation is 2. The Bertz CT molecular complexity index is 1120. The maximum atomic E-state index is 13.4. The Hall–Kier alpha value is -2.39. The summed E-state index contributed by atoms with van der Waals surface area (Å²) >= 11 is 2.16. The molecular weight excluding hydrogens is 523 g/mol. The van der Waals surface area contributed by atoms with Gasteiger partial charge < -0.3 is 5.32 Å². The van der Waals surface area contributed by atoms with Crippen LogP contribution in [0, 0.1) is 3.57 Å². The molecule has 0 bridgehead atoms. The molecule has 0 saturated heterocycles. The lowest BCUT2D eigenvalue weighted by molar-refractivity contribution is -0.114. The number of halogens is 1. The zero-order chi connectivity index (χ0) is 22.4. The van der Waals surface area contributed by atoms with Crippen molar-refractivity contribution in [2.45, 2.75) is 31.6 Å². The van der Waals surface area contributed by atoms with Crippen LogP contribution < -0.4 is 9.62 Å². The molecule has 0 atom stereocenters. The Labute approximate surface area is 197 Å². The summed E-state index contributed by atoms with van der Waals surface area (Å²) in [5.41, 5.74) is 3.27. The lowest BCUT2D eigenvalue weighted by atomic mass is 10.0. The molecule has 0 unspecified atom stereocenters. The summed E-state index contributed by atoms with van der Waals surface area (Å²) in [6, 6.07) is 21.2. The van der Waals surface area contributed by atoms with Gasteiger partial charge in [-0.3, -0.25) is 9.10 Å². The molecule has 0 radical (unpaired) electrons. The van der Waals surface area contributed by atoms with Crippen LogP contribution in [0.3, 0.4) is 0 Å². The van der Waals surface area contributed by atoms with E-state index >= 15 is 0 Å². The number of nitrogens with one attached hydrogen (secondary N) is 1. The number of nitrogens with zero attached hydrogens (tertiary/aromatic N) is 1. The van der Waals surface area contributed by atoms with Gasteiger partial charge in [-0.05, 0) is 83.0 Å². The highest BCUT2D eigenvalue weighted by Gasteiger charge is 2.27. The first-order chi connectivity index (χ1) is 14.9. The van der Waals surface area contributed by atoms with E-state index in [4.69, 9.17) is 0 Å². The van der Waals surface area contributed by atoms with Crippen molar-refractivity contribution in [3.05, 3.63) is 87.5 Å². The molecule has 5 nitrogen and oxygen atoms in total. The molecule has 0 aliphatic heterocycles. The Morgan fingerprint density at radius 2 is 1.45 bits per heavy atom. The zero-order valence-electron chi connectivity index (χ0n) is 17.5. The Kier molecular flexibility index (Phi) is 7.72. The fourth-order valence-electron chi connectivity index (χ4n) is 3.35. The van der Waals surface area contributed by atoms with E-state index in [0.29, 0.717) is 5.69 Å². The first-order valence-electron chi connectivity index (χ1n) is 10.1. The molecule has 0 heterocycles. The fourth-order valence-corrected chi connectivity index (χ4v) is 5.16.